The largest absolute Gasteiger partial charge is 0.445 e. The van der Waals surface area contributed by atoms with Crippen molar-refractivity contribution in [1.29, 1.82) is 0 Å². The highest BCUT2D eigenvalue weighted by Crippen LogP contribution is 2.56. The topological polar surface area (TPSA) is 79.3 Å². The fourth-order valence-electron chi connectivity index (χ4n) is 5.55. The maximum atomic E-state index is 12.7. The van der Waals surface area contributed by atoms with Gasteiger partial charge in [0.25, 0.3) is 0 Å². The highest BCUT2D eigenvalue weighted by Gasteiger charge is 2.61. The molecule has 1 aliphatic carbocycles. The molecule has 4 rings (SSSR count). The smallest absolute Gasteiger partial charge is 0.410 e. The van der Waals surface area contributed by atoms with Gasteiger partial charge in [0.05, 0.1) is 6.61 Å². The average Bonchev–Trinajstić information content (AvgIpc) is 3.33. The number of aliphatic hydroxyl groups is 1. The Labute approximate surface area is 177 Å². The highest BCUT2D eigenvalue weighted by molar-refractivity contribution is 5.69. The van der Waals surface area contributed by atoms with E-state index in [0.717, 1.165) is 12.0 Å². The number of nitrogens with zero attached hydrogens (tertiary/aromatic N) is 2. The van der Waals surface area contributed by atoms with Gasteiger partial charge in [0.2, 0.25) is 0 Å². The molecule has 0 spiro atoms. The lowest BCUT2D eigenvalue weighted by molar-refractivity contribution is 0.0250. The summed E-state index contributed by atoms with van der Waals surface area (Å²) in [5, 5.41) is 10.2. The minimum Gasteiger partial charge on any atom is -0.445 e. The summed E-state index contributed by atoms with van der Waals surface area (Å²) in [7, 11) is 0. The number of fused-ring (bicyclic) bond motifs is 3. The van der Waals surface area contributed by atoms with Crippen LogP contribution in [0.3, 0.4) is 0 Å². The molecule has 0 bridgehead atoms. The Balaban J connectivity index is 1.38. The van der Waals surface area contributed by atoms with Crippen LogP contribution in [0.5, 0.6) is 0 Å². The third kappa shape index (κ3) is 4.00. The fourth-order valence-corrected chi connectivity index (χ4v) is 5.55. The van der Waals surface area contributed by atoms with Crippen molar-refractivity contribution >= 4 is 12.2 Å². The third-order valence-corrected chi connectivity index (χ3v) is 6.82. The minimum absolute atomic E-state index is 0.0551. The number of benzene rings is 1. The zero-order valence-electron chi connectivity index (χ0n) is 18.0. The molecule has 1 N–H and O–H groups in total. The van der Waals surface area contributed by atoms with Gasteiger partial charge in [-0.3, -0.25) is 0 Å². The van der Waals surface area contributed by atoms with Crippen LogP contribution >= 0.6 is 0 Å². The summed E-state index contributed by atoms with van der Waals surface area (Å²) in [6.45, 7) is 8.27. The van der Waals surface area contributed by atoms with Gasteiger partial charge in [-0.25, -0.2) is 9.59 Å². The molecule has 2 aliphatic heterocycles. The lowest BCUT2D eigenvalue weighted by Crippen LogP contribution is -2.39. The lowest BCUT2D eigenvalue weighted by Gasteiger charge is -2.30. The number of likely N-dealkylation sites (tertiary alicyclic amines) is 2. The van der Waals surface area contributed by atoms with Crippen LogP contribution in [0.15, 0.2) is 30.3 Å². The SMILES string of the molecule is CC(C)(C)OC(=O)N1C[C@H]2C[C@]3(CO)CN(C(=O)OCc4ccccc4)C[C@H]3[C@H]2C1. The molecule has 3 fully saturated rings. The van der Waals surface area contributed by atoms with E-state index in [1.165, 1.54) is 0 Å². The molecule has 4 atom stereocenters. The Hall–Kier alpha value is -2.28. The van der Waals surface area contributed by atoms with Crippen LogP contribution in [-0.2, 0) is 16.1 Å². The van der Waals surface area contributed by atoms with Gasteiger partial charge in [-0.05, 0) is 50.5 Å². The lowest BCUT2D eigenvalue weighted by atomic mass is 9.79. The number of ether oxygens (including phenoxy) is 2. The second-order valence-electron chi connectivity index (χ2n) is 10.1. The monoisotopic (exact) mass is 416 g/mol. The van der Waals surface area contributed by atoms with Crippen LogP contribution in [0.4, 0.5) is 9.59 Å². The van der Waals surface area contributed by atoms with E-state index in [-0.39, 0.29) is 42.7 Å². The number of rotatable bonds is 3. The number of hydrogen-bond donors (Lipinski definition) is 1. The standard InChI is InChI=1S/C23H32N2O5/c1-22(2,3)30-21(28)24-10-17-9-23(15-26)14-25(12-19(23)18(17)11-24)20(27)29-13-16-7-5-4-6-8-16/h4-8,17-19,26H,9-15H2,1-3H3/t17-,18+,19+,23-/m1/s1. The van der Waals surface area contributed by atoms with Crippen molar-refractivity contribution < 1.29 is 24.2 Å². The van der Waals surface area contributed by atoms with Crippen LogP contribution in [0.25, 0.3) is 0 Å². The molecule has 1 saturated carbocycles. The van der Waals surface area contributed by atoms with Gasteiger partial charge in [0.1, 0.15) is 12.2 Å². The van der Waals surface area contributed by atoms with Gasteiger partial charge in [0, 0.05) is 31.6 Å². The molecule has 2 amide bonds. The summed E-state index contributed by atoms with van der Waals surface area (Å²) in [6, 6.07) is 9.61. The summed E-state index contributed by atoms with van der Waals surface area (Å²) in [4.78, 5) is 28.7. The first-order valence-corrected chi connectivity index (χ1v) is 10.8. The Morgan fingerprint density at radius 1 is 1.10 bits per heavy atom. The van der Waals surface area contributed by atoms with Gasteiger partial charge >= 0.3 is 12.2 Å². The minimum atomic E-state index is -0.518. The van der Waals surface area contributed by atoms with Gasteiger partial charge in [-0.15, -0.1) is 0 Å². The summed E-state index contributed by atoms with van der Waals surface area (Å²) >= 11 is 0. The predicted octanol–water partition coefficient (Wildman–Crippen LogP) is 3.12. The van der Waals surface area contributed by atoms with Gasteiger partial charge in [-0.1, -0.05) is 30.3 Å². The Kier molecular flexibility index (Phi) is 5.43. The molecule has 0 unspecified atom stereocenters. The molecule has 7 heteroatoms. The second kappa shape index (κ2) is 7.76. The summed E-state index contributed by atoms with van der Waals surface area (Å²) in [6.07, 6.45) is 0.212. The first-order valence-electron chi connectivity index (χ1n) is 10.8. The number of amides is 2. The van der Waals surface area contributed by atoms with Crippen molar-refractivity contribution in [3.05, 3.63) is 35.9 Å². The van der Waals surface area contributed by atoms with Crippen molar-refractivity contribution in [3.8, 4) is 0 Å². The molecule has 30 heavy (non-hydrogen) atoms. The van der Waals surface area contributed by atoms with E-state index in [1.54, 1.807) is 9.80 Å². The first-order chi connectivity index (χ1) is 14.2. The van der Waals surface area contributed by atoms with Crippen LogP contribution in [0, 0.1) is 23.2 Å². The van der Waals surface area contributed by atoms with Crippen LogP contribution < -0.4 is 0 Å². The average molecular weight is 417 g/mol. The van der Waals surface area contributed by atoms with E-state index in [2.05, 4.69) is 0 Å². The van der Waals surface area contributed by atoms with Gasteiger partial charge < -0.3 is 24.4 Å². The van der Waals surface area contributed by atoms with Gasteiger partial charge in [-0.2, -0.15) is 0 Å². The van der Waals surface area contributed by atoms with E-state index >= 15 is 0 Å². The molecule has 7 nitrogen and oxygen atoms in total. The highest BCUT2D eigenvalue weighted by atomic mass is 16.6. The summed E-state index contributed by atoms with van der Waals surface area (Å²) in [5.74, 6) is 0.790. The van der Waals surface area contributed by atoms with Crippen molar-refractivity contribution in [2.45, 2.75) is 39.4 Å². The van der Waals surface area contributed by atoms with Crippen LogP contribution in [0.2, 0.25) is 0 Å². The van der Waals surface area contributed by atoms with Crippen molar-refractivity contribution in [1.82, 2.24) is 9.80 Å². The Morgan fingerprint density at radius 2 is 1.83 bits per heavy atom. The van der Waals surface area contributed by atoms with Crippen molar-refractivity contribution in [3.63, 3.8) is 0 Å². The van der Waals surface area contributed by atoms with Crippen molar-refractivity contribution in [2.24, 2.45) is 23.2 Å². The quantitative estimate of drug-likeness (QED) is 0.819. The zero-order chi connectivity index (χ0) is 21.5. The maximum Gasteiger partial charge on any atom is 0.410 e. The van der Waals surface area contributed by atoms with E-state index in [1.807, 2.05) is 51.1 Å². The normalized spacial score (nSPS) is 30.2. The first kappa shape index (κ1) is 21.0. The molecule has 164 valence electrons. The van der Waals surface area contributed by atoms with E-state index in [4.69, 9.17) is 9.47 Å². The molecule has 3 aliphatic rings. The van der Waals surface area contributed by atoms with Gasteiger partial charge in [0.15, 0.2) is 0 Å². The van der Waals surface area contributed by atoms with Crippen molar-refractivity contribution in [2.75, 3.05) is 32.8 Å². The number of carbonyl (C=O) groups is 2. The van der Waals surface area contributed by atoms with Crippen LogP contribution in [0.1, 0.15) is 32.8 Å². The summed E-state index contributed by atoms with van der Waals surface area (Å²) in [5.41, 5.74) is 0.142. The molecular weight excluding hydrogens is 384 g/mol. The molecule has 0 aromatic heterocycles. The second-order valence-corrected chi connectivity index (χ2v) is 10.1. The number of aliphatic hydroxyl groups excluding tert-OH is 1. The fraction of sp³-hybridized carbons (Fsp3) is 0.652. The molecule has 2 saturated heterocycles. The third-order valence-electron chi connectivity index (χ3n) is 6.82. The Morgan fingerprint density at radius 3 is 2.50 bits per heavy atom. The summed E-state index contributed by atoms with van der Waals surface area (Å²) < 4.78 is 11.0. The van der Waals surface area contributed by atoms with E-state index in [9.17, 15) is 14.7 Å². The van der Waals surface area contributed by atoms with Crippen LogP contribution in [-0.4, -0.2) is 65.5 Å². The number of hydrogen-bond acceptors (Lipinski definition) is 5. The predicted molar refractivity (Wildman–Crippen MR) is 111 cm³/mol. The molecule has 1 aromatic carbocycles. The molecule has 1 aromatic rings. The molecular formula is C23H32N2O5. The zero-order valence-corrected chi connectivity index (χ0v) is 18.0. The molecule has 0 radical (unpaired) electrons. The van der Waals surface area contributed by atoms with E-state index in [0.29, 0.717) is 32.1 Å². The maximum absolute atomic E-state index is 12.7. The Bertz CT molecular complexity index is 793. The van der Waals surface area contributed by atoms with E-state index < -0.39 is 5.60 Å². The molecule has 2 heterocycles. The number of carbonyl (C=O) groups excluding carboxylic acids is 2.